The standard InChI is InChI=1S/C20H20Ge/c1-17-10-9-15-20(16-17)21(2,18-11-5-3-6-12-18)19-13-7-4-8-14-19/h3-16H,1-2H3. The van der Waals surface area contributed by atoms with E-state index in [4.69, 9.17) is 0 Å². The van der Waals surface area contributed by atoms with E-state index in [2.05, 4.69) is 97.6 Å². The molecule has 0 aromatic heterocycles. The van der Waals surface area contributed by atoms with Crippen LogP contribution in [0, 0.1) is 6.92 Å². The first kappa shape index (κ1) is 14.2. The van der Waals surface area contributed by atoms with Gasteiger partial charge in [0, 0.05) is 0 Å². The minimum atomic E-state index is -2.53. The predicted molar refractivity (Wildman–Crippen MR) is 94.6 cm³/mol. The first-order valence-corrected chi connectivity index (χ1v) is 12.6. The Labute approximate surface area is 129 Å². The summed E-state index contributed by atoms with van der Waals surface area (Å²) < 4.78 is 4.54. The van der Waals surface area contributed by atoms with E-state index >= 15 is 0 Å². The maximum atomic E-state index is 2.50. The third-order valence-electron chi connectivity index (χ3n) is 4.30. The fraction of sp³-hybridized carbons (Fsp3) is 0.100. The molecule has 0 unspecified atom stereocenters. The molecule has 104 valence electrons. The van der Waals surface area contributed by atoms with Crippen LogP contribution < -0.4 is 13.2 Å². The van der Waals surface area contributed by atoms with Gasteiger partial charge in [0.1, 0.15) is 0 Å². The molecule has 0 aliphatic rings. The van der Waals surface area contributed by atoms with Crippen molar-refractivity contribution in [2.24, 2.45) is 0 Å². The molecular weight excluding hydrogens is 313 g/mol. The molecule has 0 nitrogen and oxygen atoms in total. The molecule has 3 aromatic rings. The fourth-order valence-corrected chi connectivity index (χ4v) is 10.7. The second-order valence-corrected chi connectivity index (χ2v) is 14.1. The molecular formula is C20H20Ge. The van der Waals surface area contributed by atoms with Gasteiger partial charge in [0.05, 0.1) is 0 Å². The number of aryl methyl sites for hydroxylation is 1. The molecule has 0 atom stereocenters. The van der Waals surface area contributed by atoms with Gasteiger partial charge in [-0.2, -0.15) is 0 Å². The van der Waals surface area contributed by atoms with E-state index < -0.39 is 13.3 Å². The summed E-state index contributed by atoms with van der Waals surface area (Å²) in [4.78, 5) is 0. The van der Waals surface area contributed by atoms with Gasteiger partial charge in [0.15, 0.2) is 0 Å². The molecule has 0 heterocycles. The molecule has 0 saturated heterocycles. The van der Waals surface area contributed by atoms with Gasteiger partial charge in [-0.25, -0.2) is 0 Å². The van der Waals surface area contributed by atoms with E-state index in [0.29, 0.717) is 0 Å². The Bertz CT molecular complexity index is 678. The van der Waals surface area contributed by atoms with E-state index in [9.17, 15) is 0 Å². The molecule has 0 amide bonds. The molecule has 0 aliphatic carbocycles. The molecule has 0 fully saturated rings. The molecule has 0 aliphatic heterocycles. The van der Waals surface area contributed by atoms with Gasteiger partial charge in [-0.05, 0) is 0 Å². The molecule has 0 saturated carbocycles. The third kappa shape index (κ3) is 2.68. The van der Waals surface area contributed by atoms with Crippen LogP contribution in [-0.4, -0.2) is 13.3 Å². The molecule has 1 heteroatoms. The van der Waals surface area contributed by atoms with E-state index in [1.807, 2.05) is 0 Å². The van der Waals surface area contributed by atoms with Crippen LogP contribution in [0.3, 0.4) is 0 Å². The molecule has 3 aromatic carbocycles. The van der Waals surface area contributed by atoms with Crippen LogP contribution in [0.5, 0.6) is 0 Å². The summed E-state index contributed by atoms with van der Waals surface area (Å²) in [5.74, 6) is 2.50. The van der Waals surface area contributed by atoms with Crippen molar-refractivity contribution < 1.29 is 0 Å². The number of rotatable bonds is 3. The van der Waals surface area contributed by atoms with Gasteiger partial charge in [0.25, 0.3) is 0 Å². The van der Waals surface area contributed by atoms with Crippen molar-refractivity contribution in [2.45, 2.75) is 12.7 Å². The van der Waals surface area contributed by atoms with Crippen molar-refractivity contribution in [1.29, 1.82) is 0 Å². The average molecular weight is 333 g/mol. The summed E-state index contributed by atoms with van der Waals surface area (Å²) >= 11 is -2.53. The topological polar surface area (TPSA) is 0 Å². The Kier molecular flexibility index (Phi) is 3.98. The SMILES string of the molecule is Cc1ccc[c]([Ge]([CH3])([c]2ccccc2)[c]2ccccc2)c1. The Morgan fingerprint density at radius 2 is 1.05 bits per heavy atom. The zero-order valence-corrected chi connectivity index (χ0v) is 14.7. The average Bonchev–Trinajstić information content (AvgIpc) is 2.56. The summed E-state index contributed by atoms with van der Waals surface area (Å²) in [5.41, 5.74) is 1.34. The van der Waals surface area contributed by atoms with E-state index in [-0.39, 0.29) is 0 Å². The van der Waals surface area contributed by atoms with Crippen molar-refractivity contribution in [3.05, 3.63) is 90.5 Å². The summed E-state index contributed by atoms with van der Waals surface area (Å²) in [6.45, 7) is 2.18. The molecule has 0 bridgehead atoms. The van der Waals surface area contributed by atoms with Crippen LogP contribution in [0.15, 0.2) is 84.9 Å². The summed E-state index contributed by atoms with van der Waals surface area (Å²) in [6.07, 6.45) is 0. The van der Waals surface area contributed by atoms with Gasteiger partial charge >= 0.3 is 130 Å². The summed E-state index contributed by atoms with van der Waals surface area (Å²) in [7, 11) is 0. The van der Waals surface area contributed by atoms with Crippen LogP contribution in [0.25, 0.3) is 0 Å². The Balaban J connectivity index is 2.25. The third-order valence-corrected chi connectivity index (χ3v) is 13.6. The zero-order valence-electron chi connectivity index (χ0n) is 12.6. The van der Waals surface area contributed by atoms with Gasteiger partial charge in [-0.15, -0.1) is 0 Å². The molecule has 0 spiro atoms. The van der Waals surface area contributed by atoms with Crippen molar-refractivity contribution >= 4 is 26.5 Å². The van der Waals surface area contributed by atoms with Crippen LogP contribution >= 0.6 is 0 Å². The number of benzene rings is 3. The van der Waals surface area contributed by atoms with Crippen LogP contribution in [0.4, 0.5) is 0 Å². The van der Waals surface area contributed by atoms with Gasteiger partial charge < -0.3 is 0 Å². The van der Waals surface area contributed by atoms with E-state index in [1.54, 1.807) is 0 Å². The predicted octanol–water partition coefficient (Wildman–Crippen LogP) is 3.10. The first-order chi connectivity index (χ1) is 10.2. The first-order valence-electron chi connectivity index (χ1n) is 7.39. The van der Waals surface area contributed by atoms with Gasteiger partial charge in [-0.3, -0.25) is 0 Å². The van der Waals surface area contributed by atoms with Gasteiger partial charge in [0.2, 0.25) is 0 Å². The molecule has 3 rings (SSSR count). The van der Waals surface area contributed by atoms with Crippen LogP contribution in [0.2, 0.25) is 5.76 Å². The quantitative estimate of drug-likeness (QED) is 0.647. The van der Waals surface area contributed by atoms with Crippen molar-refractivity contribution in [3.8, 4) is 0 Å². The molecule has 21 heavy (non-hydrogen) atoms. The van der Waals surface area contributed by atoms with E-state index in [0.717, 1.165) is 0 Å². The summed E-state index contributed by atoms with van der Waals surface area (Å²) in [6, 6.07) is 31.1. The zero-order chi connectivity index (χ0) is 14.7. The minimum absolute atomic E-state index is 1.34. The van der Waals surface area contributed by atoms with Crippen molar-refractivity contribution in [2.75, 3.05) is 0 Å². The Hall–Kier alpha value is -1.80. The fourth-order valence-electron chi connectivity index (χ4n) is 3.00. The maximum absolute atomic E-state index is 2.53. The monoisotopic (exact) mass is 334 g/mol. The summed E-state index contributed by atoms with van der Waals surface area (Å²) in [5, 5.41) is 0. The second-order valence-electron chi connectivity index (χ2n) is 5.73. The van der Waals surface area contributed by atoms with E-state index in [1.165, 1.54) is 18.8 Å². The second kappa shape index (κ2) is 5.91. The number of hydrogen-bond donors (Lipinski definition) is 0. The van der Waals surface area contributed by atoms with Crippen molar-refractivity contribution in [3.63, 3.8) is 0 Å². The Morgan fingerprint density at radius 3 is 1.52 bits per heavy atom. The van der Waals surface area contributed by atoms with Crippen molar-refractivity contribution in [1.82, 2.24) is 0 Å². The Morgan fingerprint density at radius 1 is 0.571 bits per heavy atom. The number of hydrogen-bond acceptors (Lipinski definition) is 0. The van der Waals surface area contributed by atoms with Crippen LogP contribution in [-0.2, 0) is 0 Å². The molecule has 0 N–H and O–H groups in total. The van der Waals surface area contributed by atoms with Crippen LogP contribution in [0.1, 0.15) is 5.56 Å². The normalized spacial score (nSPS) is 11.3. The van der Waals surface area contributed by atoms with Gasteiger partial charge in [-0.1, -0.05) is 0 Å². The molecule has 0 radical (unpaired) electrons.